The Hall–Kier alpha value is -0.343. The van der Waals surface area contributed by atoms with Crippen LogP contribution >= 0.6 is 0 Å². The van der Waals surface area contributed by atoms with E-state index in [2.05, 4.69) is 58.2 Å². The van der Waals surface area contributed by atoms with Crippen LogP contribution in [0.15, 0.2) is 24.3 Å². The Balaban J connectivity index is 2.00. The predicted octanol–water partition coefficient (Wildman–Crippen LogP) is 5.70. The molecule has 0 aromatic rings. The lowest BCUT2D eigenvalue weighted by atomic mass is 9.77. The fraction of sp³-hybridized carbons (Fsp3) is 0.778. The lowest BCUT2D eigenvalue weighted by Crippen LogP contribution is -2.45. The third-order valence-corrected chi connectivity index (χ3v) is 9.98. The molecule has 0 aromatic carbocycles. The van der Waals surface area contributed by atoms with Gasteiger partial charge in [0.2, 0.25) is 0 Å². The topological polar surface area (TPSA) is 9.23 Å². The van der Waals surface area contributed by atoms with Crippen molar-refractivity contribution in [3.63, 3.8) is 0 Å². The first-order valence-electron chi connectivity index (χ1n) is 8.31. The van der Waals surface area contributed by atoms with E-state index >= 15 is 0 Å². The molecule has 0 heterocycles. The Kier molecular flexibility index (Phi) is 4.96. The molecule has 2 heteroatoms. The molecule has 20 heavy (non-hydrogen) atoms. The summed E-state index contributed by atoms with van der Waals surface area (Å²) in [7, 11) is -1.61. The first-order valence-corrected chi connectivity index (χ1v) is 11.2. The molecule has 1 unspecified atom stereocenters. The zero-order valence-corrected chi connectivity index (χ0v) is 15.0. The number of allylic oxidation sites excluding steroid dienone is 4. The molecular formula is C18H32OSi. The summed E-state index contributed by atoms with van der Waals surface area (Å²) in [6.45, 7) is 11.8. The van der Waals surface area contributed by atoms with Crippen LogP contribution in [0.5, 0.6) is 0 Å². The summed E-state index contributed by atoms with van der Waals surface area (Å²) in [5.74, 6) is 1.46. The van der Waals surface area contributed by atoms with Crippen LogP contribution in [-0.4, -0.2) is 14.4 Å². The molecule has 0 radical (unpaired) electrons. The summed E-state index contributed by atoms with van der Waals surface area (Å²) >= 11 is 0. The molecule has 0 aliphatic heterocycles. The molecule has 1 saturated carbocycles. The maximum atomic E-state index is 6.65. The van der Waals surface area contributed by atoms with E-state index in [1.807, 2.05) is 0 Å². The van der Waals surface area contributed by atoms with E-state index in [1.165, 1.54) is 32.1 Å². The lowest BCUT2D eigenvalue weighted by Gasteiger charge is -2.42. The Morgan fingerprint density at radius 3 is 2.15 bits per heavy atom. The minimum atomic E-state index is -1.61. The van der Waals surface area contributed by atoms with Gasteiger partial charge >= 0.3 is 0 Å². The molecule has 114 valence electrons. The van der Waals surface area contributed by atoms with Gasteiger partial charge in [-0.05, 0) is 62.1 Å². The summed E-state index contributed by atoms with van der Waals surface area (Å²) in [4.78, 5) is 0. The van der Waals surface area contributed by atoms with Crippen LogP contribution in [0.4, 0.5) is 0 Å². The summed E-state index contributed by atoms with van der Waals surface area (Å²) in [6.07, 6.45) is 16.4. The van der Waals surface area contributed by atoms with Crippen molar-refractivity contribution >= 4 is 8.32 Å². The Labute approximate surface area is 126 Å². The van der Waals surface area contributed by atoms with Crippen LogP contribution in [0.3, 0.4) is 0 Å². The highest BCUT2D eigenvalue weighted by atomic mass is 28.4. The lowest BCUT2D eigenvalue weighted by molar-refractivity contribution is 0.104. The van der Waals surface area contributed by atoms with Gasteiger partial charge in [0.05, 0.1) is 0 Å². The SMILES string of the molecule is CC(C)(C)[Si](C)(C)OC1CC[C@H]2/C=C\CC/C=C\[C@@H]2C1. The molecule has 0 spiro atoms. The van der Waals surface area contributed by atoms with Crippen molar-refractivity contribution in [2.24, 2.45) is 11.8 Å². The maximum Gasteiger partial charge on any atom is 0.192 e. The predicted molar refractivity (Wildman–Crippen MR) is 90.4 cm³/mol. The zero-order chi connectivity index (χ0) is 14.8. The molecule has 3 atom stereocenters. The number of rotatable bonds is 2. The molecule has 1 nitrogen and oxygen atoms in total. The molecule has 0 N–H and O–H groups in total. The number of fused-ring (bicyclic) bond motifs is 1. The molecular weight excluding hydrogens is 260 g/mol. The van der Waals surface area contributed by atoms with E-state index in [-0.39, 0.29) is 0 Å². The molecule has 1 fully saturated rings. The van der Waals surface area contributed by atoms with Gasteiger partial charge in [0.25, 0.3) is 0 Å². The van der Waals surface area contributed by atoms with Crippen molar-refractivity contribution in [3.8, 4) is 0 Å². The second-order valence-electron chi connectivity index (χ2n) is 8.07. The Bertz CT molecular complexity index is 375. The van der Waals surface area contributed by atoms with Crippen molar-refractivity contribution in [2.45, 2.75) is 77.1 Å². The molecule has 0 saturated heterocycles. The van der Waals surface area contributed by atoms with Gasteiger partial charge < -0.3 is 4.43 Å². The quantitative estimate of drug-likeness (QED) is 0.468. The summed E-state index contributed by atoms with van der Waals surface area (Å²) in [5.41, 5.74) is 0. The van der Waals surface area contributed by atoms with Crippen LogP contribution in [0, 0.1) is 11.8 Å². The van der Waals surface area contributed by atoms with Crippen LogP contribution in [0.1, 0.15) is 52.9 Å². The van der Waals surface area contributed by atoms with Crippen molar-refractivity contribution < 1.29 is 4.43 Å². The van der Waals surface area contributed by atoms with Gasteiger partial charge in [0, 0.05) is 6.10 Å². The standard InChI is InChI=1S/C18H32OSi/c1-18(2,3)20(4,5)19-17-13-12-15-10-8-6-7-9-11-16(15)14-17/h8-11,15-17H,6-7,12-14H2,1-5H3/b10-8-,11-9-/t15-,16-,17?/m1/s1. The van der Waals surface area contributed by atoms with Gasteiger partial charge in [-0.2, -0.15) is 0 Å². The molecule has 2 aliphatic carbocycles. The number of hydrogen-bond donors (Lipinski definition) is 0. The summed E-state index contributed by atoms with van der Waals surface area (Å²) in [6, 6.07) is 0. The average molecular weight is 293 g/mol. The van der Waals surface area contributed by atoms with E-state index in [9.17, 15) is 0 Å². The molecule has 2 rings (SSSR count). The van der Waals surface area contributed by atoms with Crippen molar-refractivity contribution in [1.82, 2.24) is 0 Å². The zero-order valence-electron chi connectivity index (χ0n) is 14.0. The van der Waals surface area contributed by atoms with Crippen LogP contribution in [0.25, 0.3) is 0 Å². The minimum Gasteiger partial charge on any atom is -0.414 e. The molecule has 0 bridgehead atoms. The van der Waals surface area contributed by atoms with Crippen LogP contribution in [0.2, 0.25) is 18.1 Å². The minimum absolute atomic E-state index is 0.320. The van der Waals surface area contributed by atoms with Gasteiger partial charge in [-0.3, -0.25) is 0 Å². The van der Waals surface area contributed by atoms with Gasteiger partial charge in [-0.1, -0.05) is 45.1 Å². The average Bonchev–Trinajstić information content (AvgIpc) is 2.29. The largest absolute Gasteiger partial charge is 0.414 e. The third kappa shape index (κ3) is 3.85. The molecule has 0 aromatic heterocycles. The highest BCUT2D eigenvalue weighted by molar-refractivity contribution is 6.74. The van der Waals surface area contributed by atoms with E-state index in [4.69, 9.17) is 4.43 Å². The Morgan fingerprint density at radius 2 is 1.55 bits per heavy atom. The maximum absolute atomic E-state index is 6.65. The smallest absolute Gasteiger partial charge is 0.192 e. The van der Waals surface area contributed by atoms with E-state index < -0.39 is 8.32 Å². The summed E-state index contributed by atoms with van der Waals surface area (Å²) in [5, 5.41) is 0.320. The van der Waals surface area contributed by atoms with E-state index in [0.29, 0.717) is 17.1 Å². The van der Waals surface area contributed by atoms with Crippen LogP contribution in [-0.2, 0) is 4.43 Å². The Morgan fingerprint density at radius 1 is 0.950 bits per heavy atom. The monoisotopic (exact) mass is 292 g/mol. The molecule has 0 amide bonds. The second-order valence-corrected chi connectivity index (χ2v) is 12.8. The highest BCUT2D eigenvalue weighted by Gasteiger charge is 2.40. The van der Waals surface area contributed by atoms with E-state index in [1.54, 1.807) is 0 Å². The fourth-order valence-electron chi connectivity index (χ4n) is 3.08. The van der Waals surface area contributed by atoms with Crippen molar-refractivity contribution in [2.75, 3.05) is 0 Å². The third-order valence-electron chi connectivity index (χ3n) is 5.44. The van der Waals surface area contributed by atoms with Crippen molar-refractivity contribution in [3.05, 3.63) is 24.3 Å². The number of hydrogen-bond acceptors (Lipinski definition) is 1. The highest BCUT2D eigenvalue weighted by Crippen LogP contribution is 2.41. The first kappa shape index (κ1) is 16.0. The van der Waals surface area contributed by atoms with Crippen LogP contribution < -0.4 is 0 Å². The van der Waals surface area contributed by atoms with Gasteiger partial charge in [0.1, 0.15) is 0 Å². The van der Waals surface area contributed by atoms with Gasteiger partial charge in [-0.25, -0.2) is 0 Å². The van der Waals surface area contributed by atoms with Gasteiger partial charge in [0.15, 0.2) is 8.32 Å². The summed E-state index contributed by atoms with van der Waals surface area (Å²) < 4.78 is 6.65. The first-order chi connectivity index (χ1) is 9.29. The van der Waals surface area contributed by atoms with Crippen molar-refractivity contribution in [1.29, 1.82) is 0 Å². The van der Waals surface area contributed by atoms with E-state index in [0.717, 1.165) is 5.92 Å². The second kappa shape index (κ2) is 6.19. The normalized spacial score (nSPS) is 34.8. The van der Waals surface area contributed by atoms with Gasteiger partial charge in [-0.15, -0.1) is 0 Å². The molecule has 2 aliphatic rings. The fourth-order valence-corrected chi connectivity index (χ4v) is 4.48.